The number of thioether (sulfide) groups is 1. The maximum Gasteiger partial charge on any atom is 0.207 e. The van der Waals surface area contributed by atoms with Crippen molar-refractivity contribution in [1.29, 1.82) is 5.26 Å². The average Bonchev–Trinajstić information content (AvgIpc) is 2.84. The van der Waals surface area contributed by atoms with Crippen molar-refractivity contribution in [3.05, 3.63) is 23.7 Å². The molecule has 1 aromatic rings. The Balaban J connectivity index is 2.40. The highest BCUT2D eigenvalue weighted by molar-refractivity contribution is 7.98. The van der Waals surface area contributed by atoms with Gasteiger partial charge in [0, 0.05) is 24.1 Å². The van der Waals surface area contributed by atoms with Gasteiger partial charge in [0.25, 0.3) is 0 Å². The highest BCUT2D eigenvalue weighted by Crippen LogP contribution is 2.25. The number of amidine groups is 1. The summed E-state index contributed by atoms with van der Waals surface area (Å²) in [6.45, 7) is 4.66. The molecule has 19 heavy (non-hydrogen) atoms. The van der Waals surface area contributed by atoms with Gasteiger partial charge in [0.1, 0.15) is 17.4 Å². The normalized spacial score (nSPS) is 12.4. The third kappa shape index (κ3) is 4.97. The molecule has 0 unspecified atom stereocenters. The molecular weight excluding hydrogens is 260 g/mol. The third-order valence-electron chi connectivity index (χ3n) is 2.78. The second-order valence-corrected chi connectivity index (χ2v) is 5.96. The Morgan fingerprint density at radius 1 is 1.53 bits per heavy atom. The predicted molar refractivity (Wildman–Crippen MR) is 78.8 cm³/mol. The molecule has 0 amide bonds. The van der Waals surface area contributed by atoms with Gasteiger partial charge in [0.15, 0.2) is 0 Å². The highest BCUT2D eigenvalue weighted by atomic mass is 32.2. The van der Waals surface area contributed by atoms with Crippen molar-refractivity contribution < 1.29 is 4.42 Å². The largest absolute Gasteiger partial charge is 0.465 e. The van der Waals surface area contributed by atoms with Gasteiger partial charge in [-0.1, -0.05) is 13.8 Å². The first-order chi connectivity index (χ1) is 8.99. The first kappa shape index (κ1) is 15.6. The zero-order valence-electron chi connectivity index (χ0n) is 11.3. The Bertz CT molecular complexity index is 473. The van der Waals surface area contributed by atoms with Gasteiger partial charge >= 0.3 is 0 Å². The first-order valence-electron chi connectivity index (χ1n) is 6.07. The third-order valence-corrected chi connectivity index (χ3v) is 3.76. The van der Waals surface area contributed by atoms with Crippen LogP contribution in [0.2, 0.25) is 0 Å². The Morgan fingerprint density at radius 3 is 2.89 bits per heavy atom. The molecule has 1 heterocycles. The summed E-state index contributed by atoms with van der Waals surface area (Å²) in [6, 6.07) is 3.96. The Labute approximate surface area is 118 Å². The minimum atomic E-state index is -0.132. The van der Waals surface area contributed by atoms with Crippen LogP contribution in [0, 0.1) is 11.5 Å². The number of nitrogens with two attached hydrogens (primary N) is 2. The van der Waals surface area contributed by atoms with Gasteiger partial charge in [-0.2, -0.15) is 22.0 Å². The fourth-order valence-corrected chi connectivity index (χ4v) is 2.24. The van der Waals surface area contributed by atoms with E-state index in [4.69, 9.17) is 21.1 Å². The van der Waals surface area contributed by atoms with E-state index in [0.29, 0.717) is 18.8 Å². The summed E-state index contributed by atoms with van der Waals surface area (Å²) in [5.41, 5.74) is 11.1. The Kier molecular flexibility index (Phi) is 5.93. The maximum atomic E-state index is 8.32. The molecule has 0 radical (unpaired) electrons. The van der Waals surface area contributed by atoms with Crippen LogP contribution < -0.4 is 11.5 Å². The summed E-state index contributed by atoms with van der Waals surface area (Å²) in [7, 11) is 0. The second kappa shape index (κ2) is 7.22. The molecule has 5 nitrogen and oxygen atoms in total. The molecule has 0 saturated heterocycles. The van der Waals surface area contributed by atoms with E-state index >= 15 is 0 Å². The van der Waals surface area contributed by atoms with Gasteiger partial charge in [-0.05, 0) is 12.1 Å². The van der Waals surface area contributed by atoms with E-state index in [1.54, 1.807) is 18.0 Å². The molecule has 0 bridgehead atoms. The van der Waals surface area contributed by atoms with Crippen LogP contribution in [0.3, 0.4) is 0 Å². The molecule has 0 aliphatic rings. The van der Waals surface area contributed by atoms with Gasteiger partial charge in [0.2, 0.25) is 6.19 Å². The van der Waals surface area contributed by atoms with E-state index in [2.05, 4.69) is 18.8 Å². The molecule has 0 fully saturated rings. The first-order valence-corrected chi connectivity index (χ1v) is 7.23. The van der Waals surface area contributed by atoms with Gasteiger partial charge in [-0.25, -0.2) is 0 Å². The lowest BCUT2D eigenvalue weighted by molar-refractivity contribution is 0.378. The maximum absolute atomic E-state index is 8.32. The number of hydrogen-bond acceptors (Lipinski definition) is 5. The van der Waals surface area contributed by atoms with Crippen molar-refractivity contribution in [2.24, 2.45) is 16.5 Å². The summed E-state index contributed by atoms with van der Waals surface area (Å²) >= 11 is 1.70. The van der Waals surface area contributed by atoms with E-state index in [9.17, 15) is 0 Å². The summed E-state index contributed by atoms with van der Waals surface area (Å²) in [6.07, 6.45) is 2.29. The molecule has 1 aromatic heterocycles. The standard InChI is InChI=1S/C13H20N4OS/c1-13(2,8-14)11-4-3-10(18-11)7-19-6-5-12(16)17-9-15/h3-4H,5-8,14H2,1-2H3,(H2,16,17). The number of nitrogens with zero attached hydrogens (tertiary/aromatic N) is 2. The van der Waals surface area contributed by atoms with Crippen molar-refractivity contribution >= 4 is 17.6 Å². The predicted octanol–water partition coefficient (Wildman–Crippen LogP) is 1.98. The van der Waals surface area contributed by atoms with Crippen molar-refractivity contribution in [3.8, 4) is 6.19 Å². The number of aliphatic imine (C=N–C) groups is 1. The van der Waals surface area contributed by atoms with Gasteiger partial charge < -0.3 is 15.9 Å². The van der Waals surface area contributed by atoms with Crippen LogP contribution in [0.5, 0.6) is 0 Å². The van der Waals surface area contributed by atoms with Gasteiger partial charge in [-0.3, -0.25) is 0 Å². The molecule has 4 N–H and O–H groups in total. The van der Waals surface area contributed by atoms with Crippen LogP contribution in [-0.4, -0.2) is 18.1 Å². The zero-order valence-corrected chi connectivity index (χ0v) is 12.2. The SMILES string of the molecule is CC(C)(CN)c1ccc(CSCCC(N)=NC#N)o1. The summed E-state index contributed by atoms with van der Waals surface area (Å²) < 4.78 is 5.78. The van der Waals surface area contributed by atoms with Crippen LogP contribution >= 0.6 is 11.8 Å². The molecule has 0 saturated carbocycles. The van der Waals surface area contributed by atoms with Crippen molar-refractivity contribution in [2.75, 3.05) is 12.3 Å². The fourth-order valence-electron chi connectivity index (χ4n) is 1.39. The fraction of sp³-hybridized carbons (Fsp3) is 0.538. The smallest absolute Gasteiger partial charge is 0.207 e. The zero-order chi connectivity index (χ0) is 14.3. The molecule has 0 aromatic carbocycles. The van der Waals surface area contributed by atoms with Crippen LogP contribution in [0.15, 0.2) is 21.5 Å². The van der Waals surface area contributed by atoms with Crippen LogP contribution in [0.1, 0.15) is 31.8 Å². The van der Waals surface area contributed by atoms with Crippen molar-refractivity contribution in [1.82, 2.24) is 0 Å². The van der Waals surface area contributed by atoms with Crippen molar-refractivity contribution in [2.45, 2.75) is 31.4 Å². The number of nitriles is 1. The minimum absolute atomic E-state index is 0.132. The van der Waals surface area contributed by atoms with Gasteiger partial charge in [-0.15, -0.1) is 0 Å². The molecule has 0 spiro atoms. The molecule has 0 aliphatic carbocycles. The van der Waals surface area contributed by atoms with Crippen LogP contribution in [0.4, 0.5) is 0 Å². The molecule has 6 heteroatoms. The van der Waals surface area contributed by atoms with Crippen LogP contribution in [-0.2, 0) is 11.2 Å². The van der Waals surface area contributed by atoms with E-state index in [-0.39, 0.29) is 5.41 Å². The molecule has 0 aliphatic heterocycles. The molecular formula is C13H20N4OS. The second-order valence-electron chi connectivity index (χ2n) is 4.86. The summed E-state index contributed by atoms with van der Waals surface area (Å²) in [4.78, 5) is 3.47. The summed E-state index contributed by atoms with van der Waals surface area (Å²) in [5, 5.41) is 8.32. The van der Waals surface area contributed by atoms with Crippen molar-refractivity contribution in [3.63, 3.8) is 0 Å². The lowest BCUT2D eigenvalue weighted by Crippen LogP contribution is -2.27. The van der Waals surface area contributed by atoms with Crippen LogP contribution in [0.25, 0.3) is 0 Å². The van der Waals surface area contributed by atoms with E-state index in [1.807, 2.05) is 12.1 Å². The lowest BCUT2D eigenvalue weighted by Gasteiger charge is -2.18. The summed E-state index contributed by atoms with van der Waals surface area (Å²) in [5.74, 6) is 3.81. The van der Waals surface area contributed by atoms with E-state index in [0.717, 1.165) is 23.0 Å². The van der Waals surface area contributed by atoms with E-state index in [1.165, 1.54) is 0 Å². The van der Waals surface area contributed by atoms with Gasteiger partial charge in [0.05, 0.1) is 5.75 Å². The number of furan rings is 1. The number of rotatable bonds is 7. The molecule has 1 rings (SSSR count). The Morgan fingerprint density at radius 2 is 2.26 bits per heavy atom. The van der Waals surface area contributed by atoms with E-state index < -0.39 is 0 Å². The minimum Gasteiger partial charge on any atom is -0.465 e. The molecule has 0 atom stereocenters. The Hall–Kier alpha value is -1.45. The molecule has 104 valence electrons. The highest BCUT2D eigenvalue weighted by Gasteiger charge is 2.22. The average molecular weight is 280 g/mol. The lowest BCUT2D eigenvalue weighted by atomic mass is 9.91. The monoisotopic (exact) mass is 280 g/mol. The number of hydrogen-bond donors (Lipinski definition) is 2. The quantitative estimate of drug-likeness (QED) is 0.344. The topological polar surface area (TPSA) is 101 Å².